The van der Waals surface area contributed by atoms with Gasteiger partial charge in [0.25, 0.3) is 5.91 Å². The predicted molar refractivity (Wildman–Crippen MR) is 145 cm³/mol. The molecule has 0 radical (unpaired) electrons. The first-order valence-corrected chi connectivity index (χ1v) is 12.5. The molecule has 0 atom stereocenters. The number of aromatic nitrogens is 2. The number of nitrogens with one attached hydrogen (secondary N) is 1. The number of carbonyl (C=O) groups is 1. The smallest absolute Gasteiger partial charge is 0.258 e. The molecule has 2 aromatic heterocycles. The average molecular weight is 540 g/mol. The zero-order valence-electron chi connectivity index (χ0n) is 18.8. The second kappa shape index (κ2) is 12.3. The first-order valence-electron chi connectivity index (χ1n) is 11.3. The van der Waals surface area contributed by atoms with E-state index in [2.05, 4.69) is 31.7 Å². The monoisotopic (exact) mass is 538 g/mol. The Kier molecular flexibility index (Phi) is 9.74. The standard InChI is InChI=1S/C25H27ClN4OS.2ClH/c26-20-8-6-18(7-9-20)3-2-12-29-13-10-19(11-14-29)16-28-25(31)22-15-21-17-27-23-4-1-5-24(32-22)30(21)23;;/h1,4-9,15,17,19H,2-3,10-14,16H2,(H,28,31);2*1H. The van der Waals surface area contributed by atoms with E-state index in [1.165, 1.54) is 17.3 Å². The third-order valence-corrected chi connectivity index (χ3v) is 7.65. The second-order valence-corrected chi connectivity index (χ2v) is 10.1. The fourth-order valence-electron chi connectivity index (χ4n) is 4.49. The van der Waals surface area contributed by atoms with E-state index in [1.807, 2.05) is 42.6 Å². The van der Waals surface area contributed by atoms with Crippen molar-refractivity contribution in [2.24, 2.45) is 5.92 Å². The molecule has 1 amide bonds. The molecule has 34 heavy (non-hydrogen) atoms. The maximum absolute atomic E-state index is 12.8. The van der Waals surface area contributed by atoms with E-state index in [4.69, 9.17) is 11.6 Å². The average Bonchev–Trinajstić information content (AvgIpc) is 3.24. The molecule has 2 aliphatic rings. The van der Waals surface area contributed by atoms with Gasteiger partial charge in [0.05, 0.1) is 21.8 Å². The topological polar surface area (TPSA) is 49.6 Å². The Balaban J connectivity index is 0.00000162. The van der Waals surface area contributed by atoms with Crippen LogP contribution >= 0.6 is 48.2 Å². The van der Waals surface area contributed by atoms with Crippen LogP contribution in [0.1, 0.15) is 30.5 Å². The third kappa shape index (κ3) is 6.29. The van der Waals surface area contributed by atoms with Crippen LogP contribution in [0, 0.1) is 5.92 Å². The molecule has 0 aliphatic carbocycles. The summed E-state index contributed by atoms with van der Waals surface area (Å²) in [5.41, 5.74) is 3.23. The Bertz CT molecular complexity index is 1140. The molecule has 3 aromatic rings. The minimum Gasteiger partial charge on any atom is -0.351 e. The molecule has 0 bridgehead atoms. The lowest BCUT2D eigenvalue weighted by Gasteiger charge is -2.32. The highest BCUT2D eigenvalue weighted by atomic mass is 35.5. The Morgan fingerprint density at radius 1 is 1.12 bits per heavy atom. The molecule has 1 aromatic carbocycles. The van der Waals surface area contributed by atoms with E-state index in [0.29, 0.717) is 5.92 Å². The van der Waals surface area contributed by atoms with E-state index in [-0.39, 0.29) is 30.7 Å². The van der Waals surface area contributed by atoms with Crippen LogP contribution in [0.2, 0.25) is 5.02 Å². The third-order valence-electron chi connectivity index (χ3n) is 6.35. The van der Waals surface area contributed by atoms with Crippen LogP contribution in [0.5, 0.6) is 0 Å². The van der Waals surface area contributed by atoms with Crippen LogP contribution in [-0.4, -0.2) is 46.4 Å². The molecule has 4 heterocycles. The van der Waals surface area contributed by atoms with Crippen LogP contribution in [0.3, 0.4) is 0 Å². The number of likely N-dealkylation sites (tertiary alicyclic amines) is 1. The van der Waals surface area contributed by atoms with Crippen molar-refractivity contribution < 1.29 is 4.79 Å². The van der Waals surface area contributed by atoms with Gasteiger partial charge in [-0.3, -0.25) is 9.20 Å². The molecule has 182 valence electrons. The van der Waals surface area contributed by atoms with Gasteiger partial charge in [-0.2, -0.15) is 0 Å². The summed E-state index contributed by atoms with van der Waals surface area (Å²) in [6.45, 7) is 4.10. The zero-order chi connectivity index (χ0) is 21.9. The lowest BCUT2D eigenvalue weighted by molar-refractivity contribution is -0.117. The summed E-state index contributed by atoms with van der Waals surface area (Å²) in [5.74, 6) is 0.569. The van der Waals surface area contributed by atoms with Crippen molar-refractivity contribution >= 4 is 65.8 Å². The number of aryl methyl sites for hydroxylation is 1. The van der Waals surface area contributed by atoms with Crippen molar-refractivity contribution in [3.63, 3.8) is 0 Å². The van der Waals surface area contributed by atoms with E-state index in [9.17, 15) is 4.79 Å². The normalized spacial score (nSPS) is 15.9. The number of halogens is 3. The number of carbonyl (C=O) groups excluding carboxylic acids is 1. The fourth-order valence-corrected chi connectivity index (χ4v) is 5.63. The Morgan fingerprint density at radius 2 is 1.88 bits per heavy atom. The highest BCUT2D eigenvalue weighted by Gasteiger charge is 2.23. The molecule has 5 rings (SSSR count). The molecule has 0 saturated carbocycles. The first-order chi connectivity index (χ1) is 15.7. The Hall–Kier alpha value is -1.70. The number of benzene rings is 1. The number of nitrogens with zero attached hydrogens (tertiary/aromatic N) is 3. The minimum atomic E-state index is 0. The molecule has 1 saturated heterocycles. The van der Waals surface area contributed by atoms with Gasteiger partial charge in [-0.15, -0.1) is 24.8 Å². The molecule has 1 N–H and O–H groups in total. The maximum atomic E-state index is 12.8. The summed E-state index contributed by atoms with van der Waals surface area (Å²) < 4.78 is 2.09. The van der Waals surface area contributed by atoms with Gasteiger partial charge in [-0.1, -0.05) is 41.6 Å². The maximum Gasteiger partial charge on any atom is 0.258 e. The van der Waals surface area contributed by atoms with Gasteiger partial charge in [0.2, 0.25) is 0 Å². The predicted octanol–water partition coefficient (Wildman–Crippen LogP) is 5.74. The van der Waals surface area contributed by atoms with Crippen molar-refractivity contribution in [3.05, 3.63) is 69.8 Å². The van der Waals surface area contributed by atoms with E-state index >= 15 is 0 Å². The Morgan fingerprint density at radius 3 is 2.65 bits per heavy atom. The molecular formula is C25H29Cl3N4OS. The van der Waals surface area contributed by atoms with Gasteiger partial charge >= 0.3 is 0 Å². The minimum absolute atomic E-state index is 0. The van der Waals surface area contributed by atoms with Crippen molar-refractivity contribution in [1.29, 1.82) is 0 Å². The summed E-state index contributed by atoms with van der Waals surface area (Å²) in [7, 11) is 0. The summed E-state index contributed by atoms with van der Waals surface area (Å²) >= 11 is 7.47. The lowest BCUT2D eigenvalue weighted by Crippen LogP contribution is -2.39. The number of rotatable bonds is 7. The van der Waals surface area contributed by atoms with Crippen LogP contribution in [-0.2, 0) is 11.2 Å². The van der Waals surface area contributed by atoms with Crippen molar-refractivity contribution in [2.75, 3.05) is 26.2 Å². The van der Waals surface area contributed by atoms with Crippen LogP contribution < -0.4 is 5.32 Å². The van der Waals surface area contributed by atoms with Gasteiger partial charge in [0, 0.05) is 11.6 Å². The van der Waals surface area contributed by atoms with Gasteiger partial charge < -0.3 is 10.2 Å². The van der Waals surface area contributed by atoms with Crippen molar-refractivity contribution in [2.45, 2.75) is 30.7 Å². The molecular weight excluding hydrogens is 511 g/mol. The summed E-state index contributed by atoms with van der Waals surface area (Å²) in [6, 6.07) is 14.2. The van der Waals surface area contributed by atoms with E-state index < -0.39 is 0 Å². The zero-order valence-corrected chi connectivity index (χ0v) is 22.0. The quantitative estimate of drug-likeness (QED) is 0.416. The molecule has 1 fully saturated rings. The first kappa shape index (κ1) is 26.9. The highest BCUT2D eigenvalue weighted by molar-refractivity contribution is 8.04. The van der Waals surface area contributed by atoms with Crippen LogP contribution in [0.15, 0.2) is 58.6 Å². The van der Waals surface area contributed by atoms with Gasteiger partial charge in [-0.25, -0.2) is 4.98 Å². The van der Waals surface area contributed by atoms with Crippen molar-refractivity contribution in [3.8, 4) is 0 Å². The largest absolute Gasteiger partial charge is 0.351 e. The molecule has 2 aliphatic heterocycles. The van der Waals surface area contributed by atoms with Crippen LogP contribution in [0.4, 0.5) is 0 Å². The van der Waals surface area contributed by atoms with Crippen molar-refractivity contribution in [1.82, 2.24) is 19.6 Å². The highest BCUT2D eigenvalue weighted by Crippen LogP contribution is 2.34. The van der Waals surface area contributed by atoms with E-state index in [1.54, 1.807) is 0 Å². The SMILES string of the molecule is Cl.Cl.O=C(NCC1CCN(CCCc2ccc(Cl)cc2)CC1)C1=Cc2cnc3cccc(n23)S1. The fraction of sp³-hybridized carbons (Fsp3) is 0.360. The Labute approximate surface area is 222 Å². The molecule has 0 unspecified atom stereocenters. The molecule has 5 nitrogen and oxygen atoms in total. The number of hydrogen-bond donors (Lipinski definition) is 1. The lowest BCUT2D eigenvalue weighted by atomic mass is 9.96. The number of pyridine rings is 1. The molecule has 9 heteroatoms. The summed E-state index contributed by atoms with van der Waals surface area (Å²) in [5, 5.41) is 5.01. The second-order valence-electron chi connectivity index (χ2n) is 8.58. The molecule has 0 spiro atoms. The summed E-state index contributed by atoms with van der Waals surface area (Å²) in [4.78, 5) is 20.5. The van der Waals surface area contributed by atoms with Gasteiger partial charge in [0.1, 0.15) is 5.65 Å². The number of piperidine rings is 1. The number of imidazole rings is 1. The number of thioether (sulfide) groups is 1. The van der Waals surface area contributed by atoms with Gasteiger partial charge in [-0.05, 0) is 87.1 Å². The number of amides is 1. The number of hydrogen-bond acceptors (Lipinski definition) is 4. The van der Waals surface area contributed by atoms with E-state index in [0.717, 1.165) is 78.2 Å². The summed E-state index contributed by atoms with van der Waals surface area (Å²) in [6.07, 6.45) is 8.30. The van der Waals surface area contributed by atoms with Gasteiger partial charge in [0.15, 0.2) is 0 Å². The van der Waals surface area contributed by atoms with Crippen LogP contribution in [0.25, 0.3) is 11.7 Å².